The zero-order valence-electron chi connectivity index (χ0n) is 13.8. The van der Waals surface area contributed by atoms with E-state index in [0.717, 1.165) is 19.4 Å². The van der Waals surface area contributed by atoms with E-state index in [1.54, 1.807) is 6.07 Å². The first-order valence-electron chi connectivity index (χ1n) is 8.32. The van der Waals surface area contributed by atoms with Crippen LogP contribution in [-0.4, -0.2) is 34.1 Å². The van der Waals surface area contributed by atoms with Crippen molar-refractivity contribution >= 4 is 28.8 Å². The molecule has 132 valence electrons. The summed E-state index contributed by atoms with van der Waals surface area (Å²) in [6, 6.07) is 12.8. The highest BCUT2D eigenvalue weighted by Crippen LogP contribution is 2.30. The highest BCUT2D eigenvalue weighted by atomic mass is 127. The van der Waals surface area contributed by atoms with Gasteiger partial charge in [-0.05, 0) is 48.1 Å². The maximum Gasteiger partial charge on any atom is 0.253 e. The summed E-state index contributed by atoms with van der Waals surface area (Å²) in [4.78, 5) is 14.4. The number of phenols is 2. The van der Waals surface area contributed by atoms with Crippen LogP contribution in [0.2, 0.25) is 0 Å². The summed E-state index contributed by atoms with van der Waals surface area (Å²) in [7, 11) is 0. The molecule has 3 rings (SSSR count). The third-order valence-electron chi connectivity index (χ3n) is 4.70. The van der Waals surface area contributed by atoms with Gasteiger partial charge in [-0.2, -0.15) is 0 Å². The first kappa shape index (κ1) is 18.0. The van der Waals surface area contributed by atoms with Crippen molar-refractivity contribution in [1.82, 2.24) is 8.43 Å². The fourth-order valence-electron chi connectivity index (χ4n) is 3.29. The van der Waals surface area contributed by atoms with Gasteiger partial charge in [-0.1, -0.05) is 24.3 Å². The highest BCUT2D eigenvalue weighted by molar-refractivity contribution is 14.1. The fraction of sp³-hybridized carbons (Fsp3) is 0.316. The first-order chi connectivity index (χ1) is 12.1. The Kier molecular flexibility index (Phi) is 5.80. The number of rotatable bonds is 4. The van der Waals surface area contributed by atoms with Crippen LogP contribution in [0.25, 0.3) is 0 Å². The Hall–Kier alpha value is -1.80. The summed E-state index contributed by atoms with van der Waals surface area (Å²) in [5.41, 5.74) is 3.01. The van der Waals surface area contributed by atoms with E-state index < -0.39 is 0 Å². The summed E-state index contributed by atoms with van der Waals surface area (Å²) in [6.45, 7) is 2.23. The van der Waals surface area contributed by atoms with Crippen molar-refractivity contribution in [2.75, 3.05) is 13.1 Å². The van der Waals surface area contributed by atoms with Crippen molar-refractivity contribution in [3.05, 3.63) is 59.2 Å². The molecule has 1 fully saturated rings. The van der Waals surface area contributed by atoms with Gasteiger partial charge in [0.25, 0.3) is 5.91 Å². The lowest BCUT2D eigenvalue weighted by Gasteiger charge is -2.32. The number of carbonyl (C=O) groups is 1. The van der Waals surface area contributed by atoms with Gasteiger partial charge < -0.3 is 15.1 Å². The van der Waals surface area contributed by atoms with E-state index in [9.17, 15) is 15.0 Å². The summed E-state index contributed by atoms with van der Waals surface area (Å²) in [6.07, 6.45) is 1.86. The van der Waals surface area contributed by atoms with Gasteiger partial charge in [0.2, 0.25) is 0 Å². The Bertz CT molecular complexity index is 758. The number of aromatic hydroxyl groups is 2. The molecule has 6 heteroatoms. The van der Waals surface area contributed by atoms with Gasteiger partial charge in [0, 0.05) is 48.1 Å². The van der Waals surface area contributed by atoms with Gasteiger partial charge in [-0.3, -0.25) is 8.32 Å². The monoisotopic (exact) mass is 452 g/mol. The number of nitrogens with zero attached hydrogens (tertiary/aromatic N) is 1. The van der Waals surface area contributed by atoms with E-state index in [2.05, 4.69) is 50.7 Å². The molecular formula is C19H21IN2O3. The van der Waals surface area contributed by atoms with Crippen LogP contribution < -0.4 is 3.53 Å². The van der Waals surface area contributed by atoms with Gasteiger partial charge in [-0.15, -0.1) is 0 Å². The number of carbonyl (C=O) groups excluding carboxylic acids is 1. The lowest BCUT2D eigenvalue weighted by atomic mass is 9.88. The van der Waals surface area contributed by atoms with Gasteiger partial charge in [0.1, 0.15) is 0 Å². The molecule has 0 spiro atoms. The molecule has 2 aromatic rings. The van der Waals surface area contributed by atoms with Crippen molar-refractivity contribution in [2.45, 2.75) is 25.3 Å². The topological polar surface area (TPSA) is 72.8 Å². The number of hydrogen-bond acceptors (Lipinski definition) is 4. The van der Waals surface area contributed by atoms with Gasteiger partial charge in [-0.25, -0.2) is 0 Å². The predicted octanol–water partition coefficient (Wildman–Crippen LogP) is 3.56. The Balaban J connectivity index is 1.64. The molecule has 2 aromatic carbocycles. The maximum atomic E-state index is 12.6. The van der Waals surface area contributed by atoms with Crippen LogP contribution in [-0.2, 0) is 6.54 Å². The quantitative estimate of drug-likeness (QED) is 0.377. The molecule has 1 aliphatic rings. The van der Waals surface area contributed by atoms with Gasteiger partial charge in [0.15, 0.2) is 11.5 Å². The lowest BCUT2D eigenvalue weighted by Crippen LogP contribution is -2.37. The minimum atomic E-state index is -0.263. The molecule has 0 aromatic heterocycles. The van der Waals surface area contributed by atoms with Crippen molar-refractivity contribution in [3.8, 4) is 11.5 Å². The minimum Gasteiger partial charge on any atom is -0.504 e. The van der Waals surface area contributed by atoms with Crippen LogP contribution in [0.3, 0.4) is 0 Å². The van der Waals surface area contributed by atoms with Crippen LogP contribution in [0.5, 0.6) is 11.5 Å². The normalized spacial score (nSPS) is 15.3. The Morgan fingerprint density at radius 2 is 1.88 bits per heavy atom. The van der Waals surface area contributed by atoms with Crippen molar-refractivity contribution < 1.29 is 15.0 Å². The third kappa shape index (κ3) is 4.24. The van der Waals surface area contributed by atoms with E-state index in [0.29, 0.717) is 24.6 Å². The zero-order chi connectivity index (χ0) is 17.8. The summed E-state index contributed by atoms with van der Waals surface area (Å²) >= 11 is 2.15. The van der Waals surface area contributed by atoms with E-state index in [1.807, 2.05) is 4.90 Å². The smallest absolute Gasteiger partial charge is 0.253 e. The number of benzene rings is 2. The van der Waals surface area contributed by atoms with Crippen molar-refractivity contribution in [3.63, 3.8) is 0 Å². The van der Waals surface area contributed by atoms with Crippen LogP contribution in [0.1, 0.15) is 40.2 Å². The zero-order valence-corrected chi connectivity index (χ0v) is 15.9. The fourth-order valence-corrected chi connectivity index (χ4v) is 3.73. The molecule has 0 radical (unpaired) electrons. The Labute approximate surface area is 161 Å². The molecule has 1 amide bonds. The van der Waals surface area contributed by atoms with E-state index in [-0.39, 0.29) is 17.4 Å². The van der Waals surface area contributed by atoms with Gasteiger partial charge in [0.05, 0.1) is 0 Å². The molecule has 1 aliphatic heterocycles. The number of halogens is 1. The molecule has 0 saturated carbocycles. The number of phenolic OH excluding ortho intramolecular Hbond substituents is 2. The SMILES string of the molecule is O=C(c1ccc(O)c(O)c1)N1CCC(c2cccc(CNI)c2)CC1. The molecule has 5 nitrogen and oxygen atoms in total. The Morgan fingerprint density at radius 3 is 2.56 bits per heavy atom. The van der Waals surface area contributed by atoms with Crippen LogP contribution in [0.4, 0.5) is 0 Å². The molecular weight excluding hydrogens is 431 g/mol. The van der Waals surface area contributed by atoms with E-state index in [1.165, 1.54) is 23.3 Å². The molecule has 1 heterocycles. The lowest BCUT2D eigenvalue weighted by molar-refractivity contribution is 0.0712. The Morgan fingerprint density at radius 1 is 1.12 bits per heavy atom. The number of likely N-dealkylation sites (tertiary alicyclic amines) is 1. The standard InChI is InChI=1S/C19H21IN2O3/c20-21-12-13-2-1-3-15(10-13)14-6-8-22(9-7-14)19(25)16-4-5-17(23)18(24)11-16/h1-5,10-11,14,21,23-24H,6-9,12H2. The predicted molar refractivity (Wildman–Crippen MR) is 105 cm³/mol. The highest BCUT2D eigenvalue weighted by Gasteiger charge is 2.25. The summed E-state index contributed by atoms with van der Waals surface area (Å²) in [5, 5.41) is 19.0. The number of piperidine rings is 1. The van der Waals surface area contributed by atoms with Crippen molar-refractivity contribution in [1.29, 1.82) is 0 Å². The van der Waals surface area contributed by atoms with Crippen molar-refractivity contribution in [2.24, 2.45) is 0 Å². The number of nitrogens with one attached hydrogen (secondary N) is 1. The molecule has 0 atom stereocenters. The number of amides is 1. The largest absolute Gasteiger partial charge is 0.504 e. The molecule has 0 aliphatic carbocycles. The average Bonchev–Trinajstić information content (AvgIpc) is 2.64. The summed E-state index contributed by atoms with van der Waals surface area (Å²) < 4.78 is 3.14. The summed E-state index contributed by atoms with van der Waals surface area (Å²) in [5.74, 6) is -0.111. The molecule has 3 N–H and O–H groups in total. The molecule has 1 saturated heterocycles. The van der Waals surface area contributed by atoms with Crippen LogP contribution in [0, 0.1) is 0 Å². The number of hydrogen-bond donors (Lipinski definition) is 3. The maximum absolute atomic E-state index is 12.6. The second-order valence-electron chi connectivity index (χ2n) is 6.33. The van der Waals surface area contributed by atoms with Gasteiger partial charge >= 0.3 is 0 Å². The molecule has 0 bridgehead atoms. The third-order valence-corrected chi connectivity index (χ3v) is 5.08. The van der Waals surface area contributed by atoms with E-state index in [4.69, 9.17) is 0 Å². The second kappa shape index (κ2) is 8.05. The first-order valence-corrected chi connectivity index (χ1v) is 9.40. The molecule has 0 unspecified atom stereocenters. The minimum absolute atomic E-state index is 0.100. The van der Waals surface area contributed by atoms with E-state index >= 15 is 0 Å². The van der Waals surface area contributed by atoms with Crippen LogP contribution >= 0.6 is 22.9 Å². The molecule has 25 heavy (non-hydrogen) atoms. The second-order valence-corrected chi connectivity index (χ2v) is 7.09. The average molecular weight is 452 g/mol. The van der Waals surface area contributed by atoms with Crippen LogP contribution in [0.15, 0.2) is 42.5 Å².